The molecule has 0 saturated heterocycles. The van der Waals surface area contributed by atoms with Crippen molar-refractivity contribution >= 4 is 34.7 Å². The minimum atomic E-state index is -0.540. The maximum absolute atomic E-state index is 13.6. The molecule has 1 saturated carbocycles. The summed E-state index contributed by atoms with van der Waals surface area (Å²) in [5.74, 6) is -0.106. The van der Waals surface area contributed by atoms with Gasteiger partial charge in [-0.15, -0.1) is 0 Å². The first-order valence-corrected chi connectivity index (χ1v) is 10.00. The molecule has 3 heterocycles. The van der Waals surface area contributed by atoms with Crippen molar-refractivity contribution in [3.63, 3.8) is 0 Å². The van der Waals surface area contributed by atoms with Gasteiger partial charge in [0.2, 0.25) is 5.91 Å². The Morgan fingerprint density at radius 1 is 1.17 bits per heavy atom. The molecule has 0 atom stereocenters. The zero-order valence-corrected chi connectivity index (χ0v) is 16.9. The van der Waals surface area contributed by atoms with E-state index in [2.05, 4.69) is 27.5 Å². The number of fused-ring (bicyclic) bond motifs is 1. The van der Waals surface area contributed by atoms with E-state index in [4.69, 9.17) is 11.6 Å². The standard InChI is InChI=1S/C22H18ClFN4O2/c1-22(5-6-22)19-17(26-16-4-7-25-20-13(16)10-18(29)27-20)9-12(21(30)28-19)11-2-3-15(24)14(23)8-11/h2-4,7-9H,5-6,10H2,1H3,(H,28,30)(H2,25,26,27,29). The molecule has 0 unspecified atom stereocenters. The molecule has 0 spiro atoms. The number of carbonyl (C=O) groups excluding carboxylic acids is 1. The molecule has 5 rings (SSSR count). The number of carbonyl (C=O) groups is 1. The van der Waals surface area contributed by atoms with Crippen molar-refractivity contribution < 1.29 is 9.18 Å². The number of hydrogen-bond acceptors (Lipinski definition) is 4. The third-order valence-corrected chi connectivity index (χ3v) is 6.09. The highest BCUT2D eigenvalue weighted by Gasteiger charge is 2.42. The quantitative estimate of drug-likeness (QED) is 0.574. The number of halogens is 2. The van der Waals surface area contributed by atoms with E-state index in [1.54, 1.807) is 18.3 Å². The molecular formula is C22H18ClFN4O2. The van der Waals surface area contributed by atoms with Crippen molar-refractivity contribution in [2.24, 2.45) is 0 Å². The molecule has 1 aromatic carbocycles. The number of aromatic amines is 1. The molecule has 0 bridgehead atoms. The Kier molecular flexibility index (Phi) is 4.18. The molecule has 3 aromatic rings. The van der Waals surface area contributed by atoms with E-state index in [9.17, 15) is 14.0 Å². The summed E-state index contributed by atoms with van der Waals surface area (Å²) in [7, 11) is 0. The van der Waals surface area contributed by atoms with Gasteiger partial charge in [-0.1, -0.05) is 24.6 Å². The molecule has 2 aromatic heterocycles. The zero-order chi connectivity index (χ0) is 21.0. The van der Waals surface area contributed by atoms with Crippen molar-refractivity contribution in [3.8, 4) is 11.1 Å². The van der Waals surface area contributed by atoms with Crippen molar-refractivity contribution in [2.75, 3.05) is 10.6 Å². The highest BCUT2D eigenvalue weighted by atomic mass is 35.5. The molecule has 2 aliphatic rings. The Morgan fingerprint density at radius 3 is 2.70 bits per heavy atom. The number of nitrogens with one attached hydrogen (secondary N) is 3. The largest absolute Gasteiger partial charge is 0.354 e. The highest BCUT2D eigenvalue weighted by Crippen LogP contribution is 2.50. The number of hydrogen-bond donors (Lipinski definition) is 3. The van der Waals surface area contributed by atoms with Crippen LogP contribution in [0.5, 0.6) is 0 Å². The van der Waals surface area contributed by atoms with Gasteiger partial charge >= 0.3 is 0 Å². The maximum Gasteiger partial charge on any atom is 0.256 e. The summed E-state index contributed by atoms with van der Waals surface area (Å²) in [4.78, 5) is 31.9. The summed E-state index contributed by atoms with van der Waals surface area (Å²) < 4.78 is 13.6. The number of H-pyrrole nitrogens is 1. The van der Waals surface area contributed by atoms with Crippen LogP contribution in [0.4, 0.5) is 21.6 Å². The average molecular weight is 425 g/mol. The van der Waals surface area contributed by atoms with Crippen LogP contribution in [-0.2, 0) is 16.6 Å². The van der Waals surface area contributed by atoms with Gasteiger partial charge in [0.25, 0.3) is 5.56 Å². The van der Waals surface area contributed by atoms with E-state index in [0.29, 0.717) is 16.9 Å². The van der Waals surface area contributed by atoms with Crippen LogP contribution >= 0.6 is 11.6 Å². The van der Waals surface area contributed by atoms with Crippen molar-refractivity contribution in [1.82, 2.24) is 9.97 Å². The Balaban J connectivity index is 1.64. The number of pyridine rings is 2. The number of benzene rings is 1. The van der Waals surface area contributed by atoms with Crippen LogP contribution in [0.15, 0.2) is 41.3 Å². The van der Waals surface area contributed by atoms with E-state index < -0.39 is 5.82 Å². The van der Waals surface area contributed by atoms with Crippen LogP contribution in [-0.4, -0.2) is 15.9 Å². The molecule has 1 amide bonds. The van der Waals surface area contributed by atoms with Gasteiger partial charge in [-0.25, -0.2) is 9.37 Å². The van der Waals surface area contributed by atoms with Gasteiger partial charge in [-0.2, -0.15) is 0 Å². The highest BCUT2D eigenvalue weighted by molar-refractivity contribution is 6.31. The fourth-order valence-corrected chi connectivity index (χ4v) is 3.98. The first kappa shape index (κ1) is 18.8. The number of rotatable bonds is 4. The Labute approximate surface area is 176 Å². The minimum Gasteiger partial charge on any atom is -0.354 e. The van der Waals surface area contributed by atoms with Gasteiger partial charge in [0.1, 0.15) is 11.6 Å². The third-order valence-electron chi connectivity index (χ3n) is 5.80. The van der Waals surface area contributed by atoms with Crippen molar-refractivity contribution in [3.05, 3.63) is 69.0 Å². The van der Waals surface area contributed by atoms with Crippen LogP contribution in [0.1, 0.15) is 31.0 Å². The third kappa shape index (κ3) is 3.15. The molecule has 6 nitrogen and oxygen atoms in total. The predicted octanol–water partition coefficient (Wildman–Crippen LogP) is 4.52. The normalized spacial score (nSPS) is 16.2. The summed E-state index contributed by atoms with van der Waals surface area (Å²) in [6.07, 6.45) is 3.79. The fourth-order valence-electron chi connectivity index (χ4n) is 3.80. The van der Waals surface area contributed by atoms with Crippen LogP contribution in [0.3, 0.4) is 0 Å². The number of nitrogens with zero attached hydrogens (tertiary/aromatic N) is 1. The van der Waals surface area contributed by atoms with Gasteiger partial charge in [0.15, 0.2) is 0 Å². The van der Waals surface area contributed by atoms with Gasteiger partial charge < -0.3 is 15.6 Å². The summed E-state index contributed by atoms with van der Waals surface area (Å²) in [6.45, 7) is 2.10. The van der Waals surface area contributed by atoms with Gasteiger partial charge in [-0.05, 0) is 42.7 Å². The van der Waals surface area contributed by atoms with E-state index in [1.165, 1.54) is 18.2 Å². The van der Waals surface area contributed by atoms with Gasteiger partial charge in [0, 0.05) is 34.1 Å². The van der Waals surface area contributed by atoms with Crippen LogP contribution in [0.25, 0.3) is 11.1 Å². The summed E-state index contributed by atoms with van der Waals surface area (Å²) >= 11 is 5.93. The zero-order valence-electron chi connectivity index (χ0n) is 16.1. The maximum atomic E-state index is 13.6. The molecule has 152 valence electrons. The molecular weight excluding hydrogens is 407 g/mol. The Hall–Kier alpha value is -3.19. The lowest BCUT2D eigenvalue weighted by Crippen LogP contribution is -2.18. The summed E-state index contributed by atoms with van der Waals surface area (Å²) in [5, 5.41) is 6.09. The predicted molar refractivity (Wildman–Crippen MR) is 114 cm³/mol. The Bertz CT molecular complexity index is 1270. The van der Waals surface area contributed by atoms with Crippen LogP contribution in [0.2, 0.25) is 5.02 Å². The Morgan fingerprint density at radius 2 is 1.97 bits per heavy atom. The summed E-state index contributed by atoms with van der Waals surface area (Å²) in [6, 6.07) is 7.78. The van der Waals surface area contributed by atoms with Gasteiger partial charge in [0.05, 0.1) is 17.1 Å². The average Bonchev–Trinajstić information content (AvgIpc) is 3.33. The van der Waals surface area contributed by atoms with E-state index in [-0.39, 0.29) is 28.3 Å². The topological polar surface area (TPSA) is 86.9 Å². The lowest BCUT2D eigenvalue weighted by atomic mass is 9.99. The molecule has 3 N–H and O–H groups in total. The lowest BCUT2D eigenvalue weighted by molar-refractivity contribution is -0.115. The molecule has 30 heavy (non-hydrogen) atoms. The van der Waals surface area contributed by atoms with Crippen LogP contribution < -0.4 is 16.2 Å². The molecule has 1 aliphatic carbocycles. The van der Waals surface area contributed by atoms with Crippen molar-refractivity contribution in [2.45, 2.75) is 31.6 Å². The number of anilines is 3. The van der Waals surface area contributed by atoms with Crippen LogP contribution in [0, 0.1) is 5.82 Å². The molecule has 1 fully saturated rings. The minimum absolute atomic E-state index is 0.0452. The second-order valence-corrected chi connectivity index (χ2v) is 8.43. The first-order chi connectivity index (χ1) is 14.3. The van der Waals surface area contributed by atoms with Gasteiger partial charge in [-0.3, -0.25) is 9.59 Å². The summed E-state index contributed by atoms with van der Waals surface area (Å²) in [5.41, 5.74) is 3.60. The smallest absolute Gasteiger partial charge is 0.256 e. The monoisotopic (exact) mass is 424 g/mol. The fraction of sp³-hybridized carbons (Fsp3) is 0.227. The number of amides is 1. The molecule has 0 radical (unpaired) electrons. The second kappa shape index (κ2) is 6.67. The van der Waals surface area contributed by atoms with E-state index in [0.717, 1.165) is 35.5 Å². The SMILES string of the molecule is CC1(c2[nH]c(=O)c(-c3ccc(F)c(Cl)c3)cc2Nc2ccnc3c2CC(=O)N3)CC1. The van der Waals surface area contributed by atoms with Crippen molar-refractivity contribution in [1.29, 1.82) is 0 Å². The first-order valence-electron chi connectivity index (χ1n) is 9.62. The van der Waals surface area contributed by atoms with E-state index >= 15 is 0 Å². The lowest BCUT2D eigenvalue weighted by Gasteiger charge is -2.19. The second-order valence-electron chi connectivity index (χ2n) is 8.03. The molecule has 8 heteroatoms. The van der Waals surface area contributed by atoms with E-state index in [1.807, 2.05) is 0 Å². The molecule has 1 aliphatic heterocycles. The number of aromatic nitrogens is 2.